The molecule has 2 rings (SSSR count). The van der Waals surface area contributed by atoms with Crippen LogP contribution >= 0.6 is 11.3 Å². The summed E-state index contributed by atoms with van der Waals surface area (Å²) in [6, 6.07) is 0. The third kappa shape index (κ3) is 7.85. The Morgan fingerprint density at radius 3 is 2.26 bits per heavy atom. The lowest BCUT2D eigenvalue weighted by Crippen LogP contribution is -2.53. The van der Waals surface area contributed by atoms with Gasteiger partial charge in [-0.05, 0) is 6.92 Å². The fraction of sp³-hybridized carbons (Fsp3) is 0.529. The van der Waals surface area contributed by atoms with Crippen molar-refractivity contribution in [2.24, 2.45) is 0 Å². The summed E-state index contributed by atoms with van der Waals surface area (Å²) in [5.41, 5.74) is 5.73. The monoisotopic (exact) mass is 394 g/mol. The molecule has 0 aliphatic carbocycles. The van der Waals surface area contributed by atoms with Gasteiger partial charge >= 0.3 is 0 Å². The SMILES string of the molecule is C=CCNC(=O)CN1CCN(CC(=O)NNC(=O)Cc2nc(C)cs2)CC1. The van der Waals surface area contributed by atoms with E-state index in [1.807, 2.05) is 22.1 Å². The van der Waals surface area contributed by atoms with Crippen LogP contribution in [-0.4, -0.2) is 78.3 Å². The lowest BCUT2D eigenvalue weighted by molar-refractivity contribution is -0.129. The lowest BCUT2D eigenvalue weighted by atomic mass is 10.3. The fourth-order valence-electron chi connectivity index (χ4n) is 2.60. The highest BCUT2D eigenvalue weighted by Gasteiger charge is 2.20. The second-order valence-corrected chi connectivity index (χ2v) is 7.24. The Morgan fingerprint density at radius 2 is 1.70 bits per heavy atom. The number of nitrogens with one attached hydrogen (secondary N) is 3. The number of aromatic nitrogens is 1. The van der Waals surface area contributed by atoms with Crippen LogP contribution in [-0.2, 0) is 20.8 Å². The Balaban J connectivity index is 1.60. The first-order valence-electron chi connectivity index (χ1n) is 8.77. The maximum atomic E-state index is 12.0. The van der Waals surface area contributed by atoms with Crippen molar-refractivity contribution in [2.45, 2.75) is 13.3 Å². The summed E-state index contributed by atoms with van der Waals surface area (Å²) in [6.45, 7) is 9.25. The Kier molecular flexibility index (Phi) is 8.37. The number of piperazine rings is 1. The number of aryl methyl sites for hydroxylation is 1. The molecule has 10 heteroatoms. The van der Waals surface area contributed by atoms with Crippen LogP contribution in [0.4, 0.5) is 0 Å². The first-order chi connectivity index (χ1) is 13.0. The summed E-state index contributed by atoms with van der Waals surface area (Å²) in [5, 5.41) is 5.34. The molecule has 0 aromatic carbocycles. The van der Waals surface area contributed by atoms with Crippen molar-refractivity contribution in [3.8, 4) is 0 Å². The average Bonchev–Trinajstić information content (AvgIpc) is 3.04. The molecular formula is C17H26N6O3S. The summed E-state index contributed by atoms with van der Waals surface area (Å²) in [5.74, 6) is -0.594. The topological polar surface area (TPSA) is 107 Å². The smallest absolute Gasteiger partial charge is 0.252 e. The molecule has 0 radical (unpaired) electrons. The number of amides is 3. The second-order valence-electron chi connectivity index (χ2n) is 6.30. The molecule has 1 saturated heterocycles. The maximum absolute atomic E-state index is 12.0. The standard InChI is InChI=1S/C17H26N6O3S/c1-3-4-18-15(25)10-22-5-7-23(8-6-22)11-16(26)21-20-14(24)9-17-19-13(2)12-27-17/h3,12H,1,4-11H2,2H3,(H,18,25)(H,20,24)(H,21,26). The van der Waals surface area contributed by atoms with Gasteiger partial charge in [0.2, 0.25) is 11.8 Å². The van der Waals surface area contributed by atoms with E-state index in [2.05, 4.69) is 27.7 Å². The zero-order valence-corrected chi connectivity index (χ0v) is 16.3. The number of hydrogen-bond acceptors (Lipinski definition) is 7. The van der Waals surface area contributed by atoms with Gasteiger partial charge < -0.3 is 5.32 Å². The van der Waals surface area contributed by atoms with Crippen LogP contribution in [0.25, 0.3) is 0 Å². The van der Waals surface area contributed by atoms with E-state index in [9.17, 15) is 14.4 Å². The van der Waals surface area contributed by atoms with Gasteiger partial charge in [-0.2, -0.15) is 0 Å². The number of hydrogen-bond donors (Lipinski definition) is 3. The van der Waals surface area contributed by atoms with Crippen molar-refractivity contribution in [3.05, 3.63) is 28.7 Å². The van der Waals surface area contributed by atoms with Crippen LogP contribution in [0, 0.1) is 6.92 Å². The van der Waals surface area contributed by atoms with Crippen LogP contribution in [0.3, 0.4) is 0 Å². The third-order valence-electron chi connectivity index (χ3n) is 3.96. The Hall–Kier alpha value is -2.30. The van der Waals surface area contributed by atoms with Gasteiger partial charge in [-0.15, -0.1) is 17.9 Å². The van der Waals surface area contributed by atoms with E-state index in [1.165, 1.54) is 11.3 Å². The van der Waals surface area contributed by atoms with Crippen molar-refractivity contribution in [2.75, 3.05) is 45.8 Å². The van der Waals surface area contributed by atoms with E-state index in [-0.39, 0.29) is 30.7 Å². The van der Waals surface area contributed by atoms with Gasteiger partial charge in [-0.25, -0.2) is 4.98 Å². The highest BCUT2D eigenvalue weighted by atomic mass is 32.1. The Labute approximate surface area is 162 Å². The molecule has 0 unspecified atom stereocenters. The van der Waals surface area contributed by atoms with Crippen molar-refractivity contribution in [3.63, 3.8) is 0 Å². The minimum atomic E-state index is -0.298. The molecule has 1 fully saturated rings. The minimum absolute atomic E-state index is 0.0285. The highest BCUT2D eigenvalue weighted by molar-refractivity contribution is 7.09. The van der Waals surface area contributed by atoms with Gasteiger partial charge in [-0.3, -0.25) is 35.0 Å². The molecule has 9 nitrogen and oxygen atoms in total. The highest BCUT2D eigenvalue weighted by Crippen LogP contribution is 2.08. The molecule has 0 spiro atoms. The van der Waals surface area contributed by atoms with E-state index >= 15 is 0 Å². The molecule has 3 N–H and O–H groups in total. The zero-order valence-electron chi connectivity index (χ0n) is 15.5. The molecule has 1 aliphatic heterocycles. The number of carbonyl (C=O) groups is 3. The molecular weight excluding hydrogens is 368 g/mol. The number of carbonyl (C=O) groups excluding carboxylic acids is 3. The van der Waals surface area contributed by atoms with Gasteiger partial charge in [0.15, 0.2) is 0 Å². The number of rotatable bonds is 8. The predicted octanol–water partition coefficient (Wildman–Crippen LogP) is -0.939. The first kappa shape index (κ1) is 21.0. The zero-order chi connectivity index (χ0) is 19.6. The molecule has 3 amide bonds. The van der Waals surface area contributed by atoms with Gasteiger partial charge in [0.1, 0.15) is 5.01 Å². The number of hydrazine groups is 1. The predicted molar refractivity (Wildman–Crippen MR) is 103 cm³/mol. The molecule has 1 aromatic heterocycles. The van der Waals surface area contributed by atoms with E-state index in [4.69, 9.17) is 0 Å². The van der Waals surface area contributed by atoms with Gasteiger partial charge in [0, 0.05) is 43.8 Å². The van der Waals surface area contributed by atoms with Crippen LogP contribution in [0.5, 0.6) is 0 Å². The molecule has 148 valence electrons. The quantitative estimate of drug-likeness (QED) is 0.388. The molecule has 27 heavy (non-hydrogen) atoms. The van der Waals surface area contributed by atoms with Crippen molar-refractivity contribution >= 4 is 29.1 Å². The van der Waals surface area contributed by atoms with Crippen LogP contribution < -0.4 is 16.2 Å². The summed E-state index contributed by atoms with van der Waals surface area (Å²) in [6.07, 6.45) is 1.79. The number of nitrogens with zero attached hydrogens (tertiary/aromatic N) is 3. The van der Waals surface area contributed by atoms with Crippen molar-refractivity contribution in [1.82, 2.24) is 31.0 Å². The van der Waals surface area contributed by atoms with Crippen LogP contribution in [0.2, 0.25) is 0 Å². The normalized spacial score (nSPS) is 15.1. The van der Waals surface area contributed by atoms with Crippen LogP contribution in [0.15, 0.2) is 18.0 Å². The second kappa shape index (κ2) is 10.8. The molecule has 1 aromatic rings. The molecule has 0 saturated carbocycles. The van der Waals surface area contributed by atoms with E-state index in [0.29, 0.717) is 44.3 Å². The van der Waals surface area contributed by atoms with Gasteiger partial charge in [0.05, 0.1) is 19.5 Å². The van der Waals surface area contributed by atoms with Crippen LogP contribution in [0.1, 0.15) is 10.7 Å². The van der Waals surface area contributed by atoms with Gasteiger partial charge in [-0.1, -0.05) is 6.08 Å². The van der Waals surface area contributed by atoms with E-state index in [1.54, 1.807) is 6.08 Å². The molecule has 2 heterocycles. The average molecular weight is 395 g/mol. The van der Waals surface area contributed by atoms with E-state index in [0.717, 1.165) is 5.69 Å². The first-order valence-corrected chi connectivity index (χ1v) is 9.65. The molecule has 1 aliphatic rings. The summed E-state index contributed by atoms with van der Waals surface area (Å²) < 4.78 is 0. The molecule has 0 atom stereocenters. The van der Waals surface area contributed by atoms with Crippen molar-refractivity contribution < 1.29 is 14.4 Å². The lowest BCUT2D eigenvalue weighted by Gasteiger charge is -2.33. The molecule has 0 bridgehead atoms. The van der Waals surface area contributed by atoms with E-state index < -0.39 is 0 Å². The largest absolute Gasteiger partial charge is 0.352 e. The number of thiazole rings is 1. The third-order valence-corrected chi connectivity index (χ3v) is 4.93. The fourth-order valence-corrected chi connectivity index (χ4v) is 3.37. The van der Waals surface area contributed by atoms with Gasteiger partial charge in [0.25, 0.3) is 5.91 Å². The minimum Gasteiger partial charge on any atom is -0.352 e. The summed E-state index contributed by atoms with van der Waals surface area (Å²) in [4.78, 5) is 43.7. The summed E-state index contributed by atoms with van der Waals surface area (Å²) >= 11 is 1.42. The summed E-state index contributed by atoms with van der Waals surface area (Å²) in [7, 11) is 0. The van der Waals surface area contributed by atoms with Crippen molar-refractivity contribution in [1.29, 1.82) is 0 Å². The Bertz CT molecular complexity index is 669. The maximum Gasteiger partial charge on any atom is 0.252 e. The Morgan fingerprint density at radius 1 is 1.11 bits per heavy atom.